The van der Waals surface area contributed by atoms with E-state index < -0.39 is 10.9 Å². The number of nitrogens with zero attached hydrogens (tertiary/aromatic N) is 1. The summed E-state index contributed by atoms with van der Waals surface area (Å²) >= 11 is 1.39. The molecule has 0 aromatic heterocycles. The van der Waals surface area contributed by atoms with Crippen molar-refractivity contribution in [1.29, 1.82) is 0 Å². The van der Waals surface area contributed by atoms with Crippen LogP contribution in [0.15, 0.2) is 53.4 Å². The normalized spacial score (nSPS) is 10.3. The van der Waals surface area contributed by atoms with Crippen molar-refractivity contribution in [2.75, 3.05) is 0 Å². The van der Waals surface area contributed by atoms with Gasteiger partial charge in [-0.05, 0) is 17.2 Å². The first kappa shape index (κ1) is 15.1. The molecule has 6 heteroatoms. The van der Waals surface area contributed by atoms with Crippen LogP contribution in [0.2, 0.25) is 0 Å². The maximum absolute atomic E-state index is 10.9. The summed E-state index contributed by atoms with van der Waals surface area (Å²) in [7, 11) is 0. The van der Waals surface area contributed by atoms with E-state index in [1.165, 1.54) is 17.8 Å². The van der Waals surface area contributed by atoms with E-state index >= 15 is 0 Å². The molecule has 0 aliphatic carbocycles. The van der Waals surface area contributed by atoms with Crippen LogP contribution in [0.3, 0.4) is 0 Å². The predicted molar refractivity (Wildman–Crippen MR) is 80.4 cm³/mol. The minimum atomic E-state index is -0.864. The zero-order valence-electron chi connectivity index (χ0n) is 11.1. The quantitative estimate of drug-likeness (QED) is 0.502. The van der Waals surface area contributed by atoms with Crippen molar-refractivity contribution in [3.63, 3.8) is 0 Å². The Morgan fingerprint density at radius 3 is 2.33 bits per heavy atom. The summed E-state index contributed by atoms with van der Waals surface area (Å²) in [5.41, 5.74) is 1.83. The second-order valence-electron chi connectivity index (χ2n) is 4.40. The molecular formula is C15H13NO4S. The number of carboxylic acids is 1. The number of thioether (sulfide) groups is 1. The lowest BCUT2D eigenvalue weighted by Gasteiger charge is -2.04. The Hall–Kier alpha value is -2.34. The Labute approximate surface area is 125 Å². The number of carbonyl (C=O) groups is 1. The molecule has 2 aromatic carbocycles. The minimum Gasteiger partial charge on any atom is -0.481 e. The highest BCUT2D eigenvalue weighted by Crippen LogP contribution is 2.31. The molecule has 0 radical (unpaired) electrons. The molecule has 0 heterocycles. The van der Waals surface area contributed by atoms with E-state index in [-0.39, 0.29) is 12.1 Å². The van der Waals surface area contributed by atoms with Crippen molar-refractivity contribution in [2.45, 2.75) is 17.1 Å². The van der Waals surface area contributed by atoms with E-state index in [1.807, 2.05) is 12.1 Å². The summed E-state index contributed by atoms with van der Waals surface area (Å²) in [6.45, 7) is 0. The van der Waals surface area contributed by atoms with Gasteiger partial charge in [0.1, 0.15) is 0 Å². The number of para-hydroxylation sites is 1. The van der Waals surface area contributed by atoms with Gasteiger partial charge in [0, 0.05) is 11.8 Å². The third kappa shape index (κ3) is 4.32. The molecule has 5 nitrogen and oxygen atoms in total. The van der Waals surface area contributed by atoms with Crippen LogP contribution in [0.25, 0.3) is 0 Å². The molecule has 2 rings (SSSR count). The number of nitro benzene ring substituents is 1. The van der Waals surface area contributed by atoms with Gasteiger partial charge in [-0.3, -0.25) is 14.9 Å². The van der Waals surface area contributed by atoms with Crippen LogP contribution in [0.1, 0.15) is 11.1 Å². The highest BCUT2D eigenvalue weighted by molar-refractivity contribution is 7.98. The van der Waals surface area contributed by atoms with Crippen LogP contribution in [0, 0.1) is 10.1 Å². The Kier molecular flexibility index (Phi) is 4.94. The summed E-state index contributed by atoms with van der Waals surface area (Å²) in [5.74, 6) is -0.268. The first-order valence-corrected chi connectivity index (χ1v) is 7.20. The number of rotatable bonds is 6. The number of carboxylic acid groups (broad SMARTS) is 1. The summed E-state index contributed by atoms with van der Waals surface area (Å²) in [6.07, 6.45) is -0.00240. The fraction of sp³-hybridized carbons (Fsp3) is 0.133. The molecule has 0 saturated heterocycles. The summed E-state index contributed by atoms with van der Waals surface area (Å²) in [5, 5.41) is 19.6. The third-order valence-electron chi connectivity index (χ3n) is 2.83. The van der Waals surface area contributed by atoms with E-state index in [9.17, 15) is 14.9 Å². The molecule has 0 bridgehead atoms. The Morgan fingerprint density at radius 2 is 1.71 bits per heavy atom. The fourth-order valence-corrected chi connectivity index (χ4v) is 2.80. The summed E-state index contributed by atoms with van der Waals surface area (Å²) < 4.78 is 0. The van der Waals surface area contributed by atoms with E-state index in [2.05, 4.69) is 0 Å². The number of nitro groups is 1. The van der Waals surface area contributed by atoms with Gasteiger partial charge in [0.2, 0.25) is 0 Å². The number of hydrogen-bond acceptors (Lipinski definition) is 4. The molecule has 0 aliphatic rings. The van der Waals surface area contributed by atoms with E-state index in [0.717, 1.165) is 11.1 Å². The SMILES string of the molecule is O=C(O)Cc1ccc(CSc2ccccc2[N+](=O)[O-])cc1. The molecule has 1 N–H and O–H groups in total. The van der Waals surface area contributed by atoms with Crippen LogP contribution >= 0.6 is 11.8 Å². The van der Waals surface area contributed by atoms with Crippen molar-refractivity contribution >= 4 is 23.4 Å². The standard InChI is InChI=1S/C15H13NO4S/c17-15(18)9-11-5-7-12(8-6-11)10-21-14-4-2-1-3-13(14)16(19)20/h1-8H,9-10H2,(H,17,18). The van der Waals surface area contributed by atoms with Gasteiger partial charge in [-0.1, -0.05) is 36.4 Å². The highest BCUT2D eigenvalue weighted by Gasteiger charge is 2.12. The average molecular weight is 303 g/mol. The van der Waals surface area contributed by atoms with Crippen LogP contribution in [0.4, 0.5) is 5.69 Å². The molecule has 0 amide bonds. The molecule has 0 atom stereocenters. The Bertz CT molecular complexity index is 655. The molecular weight excluding hydrogens is 290 g/mol. The molecule has 0 unspecified atom stereocenters. The van der Waals surface area contributed by atoms with Crippen molar-refractivity contribution in [3.8, 4) is 0 Å². The smallest absolute Gasteiger partial charge is 0.307 e. The van der Waals surface area contributed by atoms with Crippen molar-refractivity contribution in [3.05, 3.63) is 69.8 Å². The number of benzene rings is 2. The molecule has 0 fully saturated rings. The molecule has 108 valence electrons. The van der Waals surface area contributed by atoms with Gasteiger partial charge < -0.3 is 5.11 Å². The van der Waals surface area contributed by atoms with E-state index in [0.29, 0.717) is 10.6 Å². The lowest BCUT2D eigenvalue weighted by Crippen LogP contribution is -1.99. The van der Waals surface area contributed by atoms with E-state index in [4.69, 9.17) is 5.11 Å². The molecule has 0 spiro atoms. The largest absolute Gasteiger partial charge is 0.481 e. The topological polar surface area (TPSA) is 80.4 Å². The van der Waals surface area contributed by atoms with Crippen LogP contribution in [-0.2, 0) is 17.0 Å². The van der Waals surface area contributed by atoms with Gasteiger partial charge >= 0.3 is 5.97 Å². The zero-order chi connectivity index (χ0) is 15.2. The highest BCUT2D eigenvalue weighted by atomic mass is 32.2. The van der Waals surface area contributed by atoms with Crippen LogP contribution < -0.4 is 0 Å². The van der Waals surface area contributed by atoms with Gasteiger partial charge in [-0.15, -0.1) is 11.8 Å². The van der Waals surface area contributed by atoms with Crippen LogP contribution in [-0.4, -0.2) is 16.0 Å². The first-order chi connectivity index (χ1) is 10.1. The lowest BCUT2D eigenvalue weighted by atomic mass is 10.1. The number of aliphatic carboxylic acids is 1. The van der Waals surface area contributed by atoms with Gasteiger partial charge in [-0.2, -0.15) is 0 Å². The second-order valence-corrected chi connectivity index (χ2v) is 5.42. The van der Waals surface area contributed by atoms with Gasteiger partial charge in [0.05, 0.1) is 16.2 Å². The molecule has 0 saturated carbocycles. The van der Waals surface area contributed by atoms with Gasteiger partial charge in [-0.25, -0.2) is 0 Å². The van der Waals surface area contributed by atoms with E-state index in [1.54, 1.807) is 30.3 Å². The maximum atomic E-state index is 10.9. The van der Waals surface area contributed by atoms with Gasteiger partial charge in [0.15, 0.2) is 0 Å². The lowest BCUT2D eigenvalue weighted by molar-refractivity contribution is -0.387. The number of hydrogen-bond donors (Lipinski definition) is 1. The monoisotopic (exact) mass is 303 g/mol. The predicted octanol–water partition coefficient (Wildman–Crippen LogP) is 3.51. The van der Waals surface area contributed by atoms with Crippen molar-refractivity contribution in [1.82, 2.24) is 0 Å². The zero-order valence-corrected chi connectivity index (χ0v) is 11.9. The first-order valence-electron chi connectivity index (χ1n) is 6.22. The summed E-state index contributed by atoms with van der Waals surface area (Å²) in [4.78, 5) is 21.7. The Balaban J connectivity index is 2.03. The minimum absolute atomic E-state index is 0.00240. The molecule has 21 heavy (non-hydrogen) atoms. The molecule has 2 aromatic rings. The van der Waals surface area contributed by atoms with Gasteiger partial charge in [0.25, 0.3) is 5.69 Å². The molecule has 0 aliphatic heterocycles. The second kappa shape index (κ2) is 6.90. The Morgan fingerprint density at radius 1 is 1.10 bits per heavy atom. The average Bonchev–Trinajstić information content (AvgIpc) is 2.46. The fourth-order valence-electron chi connectivity index (χ4n) is 1.82. The maximum Gasteiger partial charge on any atom is 0.307 e. The van der Waals surface area contributed by atoms with Crippen LogP contribution in [0.5, 0.6) is 0 Å². The van der Waals surface area contributed by atoms with Crippen molar-refractivity contribution in [2.24, 2.45) is 0 Å². The van der Waals surface area contributed by atoms with Crippen molar-refractivity contribution < 1.29 is 14.8 Å². The third-order valence-corrected chi connectivity index (χ3v) is 3.97. The summed E-state index contributed by atoms with van der Waals surface area (Å²) in [6, 6.07) is 13.8.